The first-order valence-corrected chi connectivity index (χ1v) is 4.56. The number of carbonyl (C=O) groups excluding carboxylic acids is 1. The van der Waals surface area contributed by atoms with Crippen molar-refractivity contribution in [1.29, 1.82) is 0 Å². The number of hydrogen-bond donors (Lipinski definition) is 0. The van der Waals surface area contributed by atoms with Gasteiger partial charge in [0.15, 0.2) is 0 Å². The average molecular weight is 251 g/mol. The summed E-state index contributed by atoms with van der Waals surface area (Å²) >= 11 is 17.2. The van der Waals surface area contributed by atoms with Crippen LogP contribution in [0.5, 0.6) is 0 Å². The predicted octanol–water partition coefficient (Wildman–Crippen LogP) is 3.35. The van der Waals surface area contributed by atoms with Gasteiger partial charge in [0.25, 0.3) is 0 Å². The molecule has 0 amide bonds. The van der Waals surface area contributed by atoms with Crippen molar-refractivity contribution in [2.45, 2.75) is 6.42 Å². The van der Waals surface area contributed by atoms with Crippen molar-refractivity contribution in [2.24, 2.45) is 0 Å². The molecule has 74 valence electrons. The Morgan fingerprint density at radius 3 is 2.00 bits per heavy atom. The van der Waals surface area contributed by atoms with Crippen molar-refractivity contribution >= 4 is 41.1 Å². The van der Waals surface area contributed by atoms with E-state index in [1.165, 1.54) is 0 Å². The van der Waals surface area contributed by atoms with Crippen molar-refractivity contribution in [3.05, 3.63) is 39.4 Å². The molecule has 0 bridgehead atoms. The Balaban J connectivity index is 0.000000791. The Bertz CT molecular complexity index is 324. The van der Waals surface area contributed by atoms with Crippen LogP contribution >= 0.6 is 34.8 Å². The van der Waals surface area contributed by atoms with E-state index in [0.29, 0.717) is 20.6 Å². The molecule has 0 aromatic heterocycles. The number of rotatable bonds is 2. The SMILES string of the molecule is O=CCc1c(Cl)cc(Cl)cc1Cl.[C-]#[O+]. The van der Waals surface area contributed by atoms with Crippen LogP contribution in [-0.2, 0) is 15.9 Å². The van der Waals surface area contributed by atoms with E-state index < -0.39 is 0 Å². The van der Waals surface area contributed by atoms with E-state index in [1.54, 1.807) is 12.1 Å². The normalized spacial score (nSPS) is 8.64. The first-order valence-electron chi connectivity index (χ1n) is 3.42. The van der Waals surface area contributed by atoms with Gasteiger partial charge in [-0.15, -0.1) is 0 Å². The minimum absolute atomic E-state index is 0.217. The third-order valence-electron chi connectivity index (χ3n) is 1.39. The summed E-state index contributed by atoms with van der Waals surface area (Å²) in [4.78, 5) is 10.2. The Hall–Kier alpha value is -0.500. The molecule has 14 heavy (non-hydrogen) atoms. The van der Waals surface area contributed by atoms with Crippen molar-refractivity contribution in [3.8, 4) is 0 Å². The zero-order valence-electron chi connectivity index (χ0n) is 6.89. The molecule has 1 rings (SSSR count). The topological polar surface area (TPSA) is 37.0 Å². The molecule has 0 aliphatic heterocycles. The number of aldehydes is 1. The molecule has 0 unspecified atom stereocenters. The molecule has 0 saturated carbocycles. The van der Waals surface area contributed by atoms with Crippen LogP contribution in [0.1, 0.15) is 5.56 Å². The Morgan fingerprint density at radius 1 is 1.21 bits per heavy atom. The number of carbonyl (C=O) groups is 1. The van der Waals surface area contributed by atoms with Crippen molar-refractivity contribution < 1.29 is 9.45 Å². The third-order valence-corrected chi connectivity index (χ3v) is 2.29. The fourth-order valence-corrected chi connectivity index (χ4v) is 1.82. The summed E-state index contributed by atoms with van der Waals surface area (Å²) in [6.45, 7) is 4.50. The zero-order chi connectivity index (χ0) is 11.1. The molecular formula is C9H5Cl3O2. The summed E-state index contributed by atoms with van der Waals surface area (Å²) in [5.41, 5.74) is 0.623. The fourth-order valence-electron chi connectivity index (χ4n) is 0.850. The molecule has 0 atom stereocenters. The molecule has 0 fully saturated rings. The van der Waals surface area contributed by atoms with E-state index in [0.717, 1.165) is 6.29 Å². The summed E-state index contributed by atoms with van der Waals surface area (Å²) in [5.74, 6) is 0. The van der Waals surface area contributed by atoms with Gasteiger partial charge < -0.3 is 4.79 Å². The van der Waals surface area contributed by atoms with E-state index in [2.05, 4.69) is 6.65 Å². The molecule has 0 aliphatic carbocycles. The molecule has 1 aromatic rings. The fraction of sp³-hybridized carbons (Fsp3) is 0.111. The van der Waals surface area contributed by atoms with Gasteiger partial charge in [-0.25, -0.2) is 0 Å². The minimum atomic E-state index is 0.217. The first kappa shape index (κ1) is 13.5. The maximum atomic E-state index is 10.2. The molecule has 2 nitrogen and oxygen atoms in total. The molecule has 0 aliphatic rings. The molecule has 5 heteroatoms. The second-order valence-electron chi connectivity index (χ2n) is 2.22. The zero-order valence-corrected chi connectivity index (χ0v) is 9.16. The summed E-state index contributed by atoms with van der Waals surface area (Å²) in [6.07, 6.45) is 0.968. The molecule has 0 spiro atoms. The van der Waals surface area contributed by atoms with Gasteiger partial charge in [0.05, 0.1) is 0 Å². The monoisotopic (exact) mass is 250 g/mol. The molecule has 0 saturated heterocycles. The van der Waals surface area contributed by atoms with Crippen molar-refractivity contribution in [1.82, 2.24) is 0 Å². The predicted molar refractivity (Wildman–Crippen MR) is 55.2 cm³/mol. The van der Waals surface area contributed by atoms with E-state index in [4.69, 9.17) is 39.5 Å². The van der Waals surface area contributed by atoms with Crippen LogP contribution in [0.2, 0.25) is 15.1 Å². The second kappa shape index (κ2) is 6.88. The summed E-state index contributed by atoms with van der Waals surface area (Å²) in [5, 5.41) is 1.33. The van der Waals surface area contributed by atoms with E-state index in [9.17, 15) is 4.79 Å². The van der Waals surface area contributed by atoms with Gasteiger partial charge in [-0.1, -0.05) is 34.8 Å². The van der Waals surface area contributed by atoms with Gasteiger partial charge in [0.2, 0.25) is 0 Å². The van der Waals surface area contributed by atoms with Gasteiger partial charge in [-0.05, 0) is 17.7 Å². The quantitative estimate of drug-likeness (QED) is 0.451. The van der Waals surface area contributed by atoms with E-state index in [-0.39, 0.29) is 6.42 Å². The van der Waals surface area contributed by atoms with E-state index >= 15 is 0 Å². The van der Waals surface area contributed by atoms with Crippen LogP contribution in [-0.4, -0.2) is 6.29 Å². The standard InChI is InChI=1S/C8H5Cl3O.CO/c9-5-3-7(10)6(1-2-12)8(11)4-5;1-2/h2-4H,1H2;. The van der Waals surface area contributed by atoms with Gasteiger partial charge in [-0.2, -0.15) is 0 Å². The molecule has 0 radical (unpaired) electrons. The third kappa shape index (κ3) is 3.70. The van der Waals surface area contributed by atoms with Gasteiger partial charge in [0, 0.05) is 21.5 Å². The summed E-state index contributed by atoms with van der Waals surface area (Å²) < 4.78 is 7.50. The molecule has 0 heterocycles. The number of hydrogen-bond acceptors (Lipinski definition) is 1. The Morgan fingerprint density at radius 2 is 1.64 bits per heavy atom. The van der Waals surface area contributed by atoms with Crippen LogP contribution in [0.15, 0.2) is 12.1 Å². The Kier molecular flexibility index (Phi) is 6.64. The molecular weight excluding hydrogens is 246 g/mol. The van der Waals surface area contributed by atoms with Crippen LogP contribution in [0, 0.1) is 6.65 Å². The number of benzene rings is 1. The van der Waals surface area contributed by atoms with Gasteiger partial charge >= 0.3 is 11.3 Å². The maximum absolute atomic E-state index is 10.2. The van der Waals surface area contributed by atoms with Gasteiger partial charge in [0.1, 0.15) is 6.29 Å². The van der Waals surface area contributed by atoms with Crippen LogP contribution in [0.4, 0.5) is 0 Å². The van der Waals surface area contributed by atoms with Crippen LogP contribution < -0.4 is 0 Å². The van der Waals surface area contributed by atoms with Gasteiger partial charge in [-0.3, -0.25) is 0 Å². The first-order chi connectivity index (χ1) is 6.65. The van der Waals surface area contributed by atoms with Crippen molar-refractivity contribution in [3.63, 3.8) is 0 Å². The van der Waals surface area contributed by atoms with E-state index in [1.807, 2.05) is 0 Å². The Labute approximate surface area is 96.5 Å². The second-order valence-corrected chi connectivity index (χ2v) is 3.47. The van der Waals surface area contributed by atoms with Crippen LogP contribution in [0.3, 0.4) is 0 Å². The summed E-state index contributed by atoms with van der Waals surface area (Å²) in [7, 11) is 0. The van der Waals surface area contributed by atoms with Crippen molar-refractivity contribution in [2.75, 3.05) is 0 Å². The number of halogens is 3. The molecule has 0 N–H and O–H groups in total. The molecule has 1 aromatic carbocycles. The average Bonchev–Trinajstić information content (AvgIpc) is 2.14. The van der Waals surface area contributed by atoms with Crippen LogP contribution in [0.25, 0.3) is 0 Å². The summed E-state index contributed by atoms with van der Waals surface area (Å²) in [6, 6.07) is 3.13.